The smallest absolute Gasteiger partial charge is 0.388 e. The summed E-state index contributed by atoms with van der Waals surface area (Å²) in [5.41, 5.74) is 3.37. The van der Waals surface area contributed by atoms with Crippen LogP contribution in [0.5, 0.6) is 0 Å². The lowest BCUT2D eigenvalue weighted by Gasteiger charge is -2.39. The van der Waals surface area contributed by atoms with Crippen LogP contribution in [0.25, 0.3) is 11.5 Å². The molecule has 4 rings (SSSR count). The van der Waals surface area contributed by atoms with Gasteiger partial charge < -0.3 is 14.6 Å². The van der Waals surface area contributed by atoms with Crippen LogP contribution in [-0.4, -0.2) is 22.1 Å². The van der Waals surface area contributed by atoms with Gasteiger partial charge in [0.05, 0.1) is 6.04 Å². The SMILES string of the molecule is CC(=O)N1c2ccc(-c3n[nH]c(=O)o3)cc2C(Nc2ccc(Cl)cc2)CC1C. The molecule has 1 aliphatic heterocycles. The predicted molar refractivity (Wildman–Crippen MR) is 108 cm³/mol. The predicted octanol–water partition coefficient (Wildman–Crippen LogP) is 3.98. The van der Waals surface area contributed by atoms with Crippen molar-refractivity contribution in [2.75, 3.05) is 10.2 Å². The zero-order valence-electron chi connectivity index (χ0n) is 15.4. The van der Waals surface area contributed by atoms with Crippen molar-refractivity contribution >= 4 is 28.9 Å². The summed E-state index contributed by atoms with van der Waals surface area (Å²) in [6.45, 7) is 3.59. The van der Waals surface area contributed by atoms with E-state index in [1.807, 2.05) is 43.3 Å². The van der Waals surface area contributed by atoms with Crippen molar-refractivity contribution in [1.29, 1.82) is 0 Å². The first-order chi connectivity index (χ1) is 13.4. The van der Waals surface area contributed by atoms with Crippen LogP contribution in [0.3, 0.4) is 0 Å². The van der Waals surface area contributed by atoms with Crippen LogP contribution in [-0.2, 0) is 4.79 Å². The Bertz CT molecular complexity index is 1070. The molecule has 0 spiro atoms. The zero-order valence-corrected chi connectivity index (χ0v) is 16.2. The van der Waals surface area contributed by atoms with Gasteiger partial charge in [0.25, 0.3) is 0 Å². The molecule has 1 aliphatic rings. The Labute approximate surface area is 166 Å². The Morgan fingerprint density at radius 1 is 1.29 bits per heavy atom. The average molecular weight is 399 g/mol. The lowest BCUT2D eigenvalue weighted by atomic mass is 9.90. The summed E-state index contributed by atoms with van der Waals surface area (Å²) in [4.78, 5) is 25.3. The Morgan fingerprint density at radius 2 is 2.04 bits per heavy atom. The summed E-state index contributed by atoms with van der Waals surface area (Å²) < 4.78 is 5.08. The van der Waals surface area contributed by atoms with E-state index in [2.05, 4.69) is 15.5 Å². The van der Waals surface area contributed by atoms with Crippen molar-refractivity contribution in [3.63, 3.8) is 0 Å². The maximum absolute atomic E-state index is 12.2. The number of aromatic amines is 1. The first-order valence-corrected chi connectivity index (χ1v) is 9.32. The summed E-state index contributed by atoms with van der Waals surface area (Å²) in [6, 6.07) is 13.1. The van der Waals surface area contributed by atoms with Crippen LogP contribution in [0.4, 0.5) is 11.4 Å². The van der Waals surface area contributed by atoms with Crippen molar-refractivity contribution in [2.24, 2.45) is 0 Å². The number of benzene rings is 2. The van der Waals surface area contributed by atoms with Crippen LogP contribution < -0.4 is 16.0 Å². The molecule has 0 aliphatic carbocycles. The molecule has 3 aromatic rings. The third-order valence-corrected chi connectivity index (χ3v) is 5.14. The topological polar surface area (TPSA) is 91.2 Å². The number of nitrogens with one attached hydrogen (secondary N) is 2. The van der Waals surface area contributed by atoms with E-state index in [9.17, 15) is 9.59 Å². The molecule has 2 N–H and O–H groups in total. The number of carbonyl (C=O) groups excluding carboxylic acids is 1. The number of hydrogen-bond donors (Lipinski definition) is 2. The number of halogens is 1. The number of nitrogens with zero attached hydrogens (tertiary/aromatic N) is 2. The summed E-state index contributed by atoms with van der Waals surface area (Å²) in [5.74, 6) is -0.411. The average Bonchev–Trinajstić information content (AvgIpc) is 3.09. The van der Waals surface area contributed by atoms with Gasteiger partial charge in [-0.05, 0) is 61.4 Å². The van der Waals surface area contributed by atoms with E-state index in [-0.39, 0.29) is 23.9 Å². The highest BCUT2D eigenvalue weighted by Gasteiger charge is 2.33. The standard InChI is InChI=1S/C20H19ClN4O3/c1-11-9-17(22-15-6-4-14(21)5-7-15)16-10-13(19-23-24-20(27)28-19)3-8-18(16)25(11)12(2)26/h3-8,10-11,17,22H,9H2,1-2H3,(H,24,27). The molecule has 144 valence electrons. The lowest BCUT2D eigenvalue weighted by Crippen LogP contribution is -2.43. The molecule has 0 bridgehead atoms. The first-order valence-electron chi connectivity index (χ1n) is 8.94. The van der Waals surface area contributed by atoms with E-state index in [0.717, 1.165) is 23.4 Å². The van der Waals surface area contributed by atoms with Crippen LogP contribution in [0, 0.1) is 0 Å². The van der Waals surface area contributed by atoms with Gasteiger partial charge in [-0.25, -0.2) is 9.89 Å². The van der Waals surface area contributed by atoms with E-state index >= 15 is 0 Å². The van der Waals surface area contributed by atoms with Crippen molar-refractivity contribution < 1.29 is 9.21 Å². The fourth-order valence-corrected chi connectivity index (χ4v) is 3.84. The first kappa shape index (κ1) is 18.3. The van der Waals surface area contributed by atoms with Gasteiger partial charge in [0.1, 0.15) is 0 Å². The maximum atomic E-state index is 12.2. The molecule has 7 nitrogen and oxygen atoms in total. The van der Waals surface area contributed by atoms with Gasteiger partial charge in [-0.1, -0.05) is 11.6 Å². The zero-order chi connectivity index (χ0) is 19.8. The fourth-order valence-electron chi connectivity index (χ4n) is 3.71. The highest BCUT2D eigenvalue weighted by atomic mass is 35.5. The molecular weight excluding hydrogens is 380 g/mol. The molecule has 0 radical (unpaired) electrons. The summed E-state index contributed by atoms with van der Waals surface area (Å²) in [6.07, 6.45) is 0.725. The molecule has 0 saturated carbocycles. The third-order valence-electron chi connectivity index (χ3n) is 4.89. The molecule has 0 fully saturated rings. The van der Waals surface area contributed by atoms with E-state index in [1.54, 1.807) is 17.9 Å². The van der Waals surface area contributed by atoms with E-state index < -0.39 is 5.76 Å². The number of fused-ring (bicyclic) bond motifs is 1. The Kier molecular flexibility index (Phi) is 4.68. The number of aromatic nitrogens is 2. The molecular formula is C20H19ClN4O3. The Hall–Kier alpha value is -3.06. The number of H-pyrrole nitrogens is 1. The van der Waals surface area contributed by atoms with Crippen molar-refractivity contribution in [3.05, 3.63) is 63.6 Å². The second-order valence-corrected chi connectivity index (χ2v) is 7.31. The molecule has 2 heterocycles. The second kappa shape index (κ2) is 7.16. The van der Waals surface area contributed by atoms with Gasteiger partial charge in [-0.15, -0.1) is 5.10 Å². The largest absolute Gasteiger partial charge is 0.434 e. The molecule has 1 aromatic heterocycles. The Morgan fingerprint density at radius 3 is 2.68 bits per heavy atom. The highest BCUT2D eigenvalue weighted by molar-refractivity contribution is 6.30. The number of hydrogen-bond acceptors (Lipinski definition) is 5. The van der Waals surface area contributed by atoms with Crippen LogP contribution in [0.15, 0.2) is 51.7 Å². The van der Waals surface area contributed by atoms with Gasteiger partial charge in [-0.3, -0.25) is 4.79 Å². The van der Waals surface area contributed by atoms with Gasteiger partial charge in [0.15, 0.2) is 0 Å². The highest BCUT2D eigenvalue weighted by Crippen LogP contribution is 2.40. The quantitative estimate of drug-likeness (QED) is 0.696. The van der Waals surface area contributed by atoms with E-state index in [4.69, 9.17) is 16.0 Å². The summed E-state index contributed by atoms with van der Waals surface area (Å²) in [5, 5.41) is 10.4. The van der Waals surface area contributed by atoms with E-state index in [0.29, 0.717) is 10.6 Å². The van der Waals surface area contributed by atoms with Crippen LogP contribution >= 0.6 is 11.6 Å². The third kappa shape index (κ3) is 3.41. The molecule has 2 atom stereocenters. The van der Waals surface area contributed by atoms with Crippen LogP contribution in [0.2, 0.25) is 5.02 Å². The number of rotatable bonds is 3. The molecule has 1 amide bonds. The maximum Gasteiger partial charge on any atom is 0.434 e. The van der Waals surface area contributed by atoms with Crippen molar-refractivity contribution in [1.82, 2.24) is 10.2 Å². The van der Waals surface area contributed by atoms with Gasteiger partial charge in [-0.2, -0.15) is 0 Å². The van der Waals surface area contributed by atoms with Gasteiger partial charge in [0.2, 0.25) is 11.8 Å². The van der Waals surface area contributed by atoms with Gasteiger partial charge in [0, 0.05) is 34.9 Å². The minimum atomic E-state index is -0.609. The molecule has 2 aromatic carbocycles. The van der Waals surface area contributed by atoms with Crippen molar-refractivity contribution in [3.8, 4) is 11.5 Å². The van der Waals surface area contributed by atoms with E-state index in [1.165, 1.54) is 0 Å². The molecule has 8 heteroatoms. The Balaban J connectivity index is 1.78. The summed E-state index contributed by atoms with van der Waals surface area (Å²) >= 11 is 5.99. The lowest BCUT2D eigenvalue weighted by molar-refractivity contribution is -0.117. The molecule has 28 heavy (non-hydrogen) atoms. The van der Waals surface area contributed by atoms with Gasteiger partial charge >= 0.3 is 5.76 Å². The molecule has 0 saturated heterocycles. The van der Waals surface area contributed by atoms with Crippen molar-refractivity contribution in [2.45, 2.75) is 32.4 Å². The molecule has 2 unspecified atom stereocenters. The second-order valence-electron chi connectivity index (χ2n) is 6.87. The number of anilines is 2. The summed E-state index contributed by atoms with van der Waals surface area (Å²) in [7, 11) is 0. The van der Waals surface area contributed by atoms with Crippen LogP contribution in [0.1, 0.15) is 31.9 Å². The number of amides is 1. The minimum absolute atomic E-state index is 0.0160. The fraction of sp³-hybridized carbons (Fsp3) is 0.250. The normalized spacial score (nSPS) is 18.6. The number of carbonyl (C=O) groups is 1. The monoisotopic (exact) mass is 398 g/mol. The minimum Gasteiger partial charge on any atom is -0.388 e.